The highest BCUT2D eigenvalue weighted by atomic mass is 35.5. The van der Waals surface area contributed by atoms with Crippen LogP contribution in [0.4, 0.5) is 10.1 Å². The van der Waals surface area contributed by atoms with Crippen LogP contribution in [0.25, 0.3) is 0 Å². The van der Waals surface area contributed by atoms with Gasteiger partial charge in [-0.25, -0.2) is 4.39 Å². The van der Waals surface area contributed by atoms with Crippen LogP contribution in [0.5, 0.6) is 5.75 Å². The molecule has 2 nitrogen and oxygen atoms in total. The zero-order valence-electron chi connectivity index (χ0n) is 10.8. The monoisotopic (exact) mass is 279 g/mol. The summed E-state index contributed by atoms with van der Waals surface area (Å²) in [6.45, 7) is 2.37. The third kappa shape index (κ3) is 3.38. The van der Waals surface area contributed by atoms with Crippen LogP contribution in [0.3, 0.4) is 0 Å². The van der Waals surface area contributed by atoms with E-state index in [0.717, 1.165) is 11.3 Å². The van der Waals surface area contributed by atoms with E-state index < -0.39 is 0 Å². The van der Waals surface area contributed by atoms with Crippen LogP contribution in [0.2, 0.25) is 5.02 Å². The van der Waals surface area contributed by atoms with E-state index in [4.69, 9.17) is 16.3 Å². The van der Waals surface area contributed by atoms with Crippen molar-refractivity contribution in [3.8, 4) is 5.75 Å². The maximum Gasteiger partial charge on any atom is 0.139 e. The highest BCUT2D eigenvalue weighted by molar-refractivity contribution is 6.32. The second kappa shape index (κ2) is 5.93. The largest absolute Gasteiger partial charge is 0.495 e. The lowest BCUT2D eigenvalue weighted by Gasteiger charge is -2.10. The Morgan fingerprint density at radius 3 is 2.68 bits per heavy atom. The van der Waals surface area contributed by atoms with Gasteiger partial charge in [-0.1, -0.05) is 23.7 Å². The van der Waals surface area contributed by atoms with Crippen molar-refractivity contribution in [2.24, 2.45) is 0 Å². The minimum Gasteiger partial charge on any atom is -0.495 e. The Labute approximate surface area is 117 Å². The van der Waals surface area contributed by atoms with Crippen molar-refractivity contribution in [1.82, 2.24) is 0 Å². The summed E-state index contributed by atoms with van der Waals surface area (Å²) >= 11 is 5.96. The molecule has 0 amide bonds. The fourth-order valence-electron chi connectivity index (χ4n) is 1.79. The normalized spacial score (nSPS) is 10.3. The molecule has 2 rings (SSSR count). The van der Waals surface area contributed by atoms with Crippen molar-refractivity contribution in [3.05, 3.63) is 58.4 Å². The number of hydrogen-bond acceptors (Lipinski definition) is 2. The Kier molecular flexibility index (Phi) is 4.27. The first-order valence-corrected chi connectivity index (χ1v) is 6.30. The minimum atomic E-state index is -0.183. The molecule has 0 saturated heterocycles. The summed E-state index contributed by atoms with van der Waals surface area (Å²) in [7, 11) is 1.58. The number of benzene rings is 2. The number of aryl methyl sites for hydroxylation is 1. The van der Waals surface area contributed by atoms with E-state index in [1.807, 2.05) is 18.2 Å². The fourth-order valence-corrected chi connectivity index (χ4v) is 1.99. The van der Waals surface area contributed by atoms with Crippen molar-refractivity contribution in [2.75, 3.05) is 12.4 Å². The molecule has 0 fully saturated rings. The van der Waals surface area contributed by atoms with Gasteiger partial charge in [0.1, 0.15) is 11.6 Å². The van der Waals surface area contributed by atoms with Crippen LogP contribution in [-0.4, -0.2) is 7.11 Å². The summed E-state index contributed by atoms with van der Waals surface area (Å²) in [5.41, 5.74) is 2.57. The lowest BCUT2D eigenvalue weighted by Crippen LogP contribution is -2.00. The summed E-state index contributed by atoms with van der Waals surface area (Å²) in [5, 5.41) is 3.82. The second-order valence-electron chi connectivity index (χ2n) is 4.29. The predicted molar refractivity (Wildman–Crippen MR) is 76.5 cm³/mol. The molecule has 0 atom stereocenters. The minimum absolute atomic E-state index is 0.183. The zero-order chi connectivity index (χ0) is 13.8. The number of rotatable bonds is 4. The van der Waals surface area contributed by atoms with Crippen molar-refractivity contribution < 1.29 is 9.13 Å². The number of hydrogen-bond donors (Lipinski definition) is 1. The molecule has 0 aliphatic heterocycles. The van der Waals surface area contributed by atoms with E-state index in [1.54, 1.807) is 26.2 Å². The fraction of sp³-hybridized carbons (Fsp3) is 0.200. The number of ether oxygens (including phenoxy) is 1. The van der Waals surface area contributed by atoms with E-state index in [2.05, 4.69) is 5.32 Å². The third-order valence-corrected chi connectivity index (χ3v) is 3.18. The van der Waals surface area contributed by atoms with E-state index in [9.17, 15) is 4.39 Å². The van der Waals surface area contributed by atoms with Crippen LogP contribution >= 0.6 is 11.6 Å². The van der Waals surface area contributed by atoms with Crippen LogP contribution in [0, 0.1) is 12.7 Å². The average Bonchev–Trinajstić information content (AvgIpc) is 2.41. The van der Waals surface area contributed by atoms with Crippen LogP contribution in [0.1, 0.15) is 11.1 Å². The van der Waals surface area contributed by atoms with Gasteiger partial charge in [0.2, 0.25) is 0 Å². The van der Waals surface area contributed by atoms with Crippen molar-refractivity contribution in [3.63, 3.8) is 0 Å². The molecule has 19 heavy (non-hydrogen) atoms. The Balaban J connectivity index is 2.07. The molecule has 0 aromatic heterocycles. The standard InChI is InChI=1S/C15H15ClFNO/c1-10-7-11(3-6-14(10)17)9-18-12-4-5-13(16)15(8-12)19-2/h3-8,18H,9H2,1-2H3. The maximum atomic E-state index is 13.2. The predicted octanol–water partition coefficient (Wildman–Crippen LogP) is 4.41. The van der Waals surface area contributed by atoms with Gasteiger partial charge < -0.3 is 10.1 Å². The Morgan fingerprint density at radius 2 is 2.00 bits per heavy atom. The SMILES string of the molecule is COc1cc(NCc2ccc(F)c(C)c2)ccc1Cl. The van der Waals surface area contributed by atoms with Crippen LogP contribution in [-0.2, 0) is 6.54 Å². The Morgan fingerprint density at radius 1 is 1.21 bits per heavy atom. The molecular formula is C15H15ClFNO. The molecule has 1 N–H and O–H groups in total. The summed E-state index contributed by atoms with van der Waals surface area (Å²) in [6, 6.07) is 10.6. The molecule has 0 saturated carbocycles. The lowest BCUT2D eigenvalue weighted by atomic mass is 10.1. The molecule has 4 heteroatoms. The summed E-state index contributed by atoms with van der Waals surface area (Å²) in [6.07, 6.45) is 0. The molecule has 0 bridgehead atoms. The van der Waals surface area contributed by atoms with Crippen LogP contribution < -0.4 is 10.1 Å². The first-order valence-electron chi connectivity index (χ1n) is 5.92. The molecule has 0 radical (unpaired) electrons. The number of anilines is 1. The van der Waals surface area contributed by atoms with Gasteiger partial charge in [-0.15, -0.1) is 0 Å². The summed E-state index contributed by atoms with van der Waals surface area (Å²) in [5.74, 6) is 0.443. The quantitative estimate of drug-likeness (QED) is 0.895. The molecule has 0 unspecified atom stereocenters. The van der Waals surface area contributed by atoms with E-state index in [-0.39, 0.29) is 5.82 Å². The van der Waals surface area contributed by atoms with Crippen LogP contribution in [0.15, 0.2) is 36.4 Å². The Hall–Kier alpha value is -1.74. The van der Waals surface area contributed by atoms with E-state index in [1.165, 1.54) is 6.07 Å². The third-order valence-electron chi connectivity index (χ3n) is 2.87. The topological polar surface area (TPSA) is 21.3 Å². The van der Waals surface area contributed by atoms with Gasteiger partial charge in [-0.3, -0.25) is 0 Å². The molecule has 0 aliphatic carbocycles. The number of nitrogens with one attached hydrogen (secondary N) is 1. The molecule has 0 heterocycles. The van der Waals surface area contributed by atoms with Gasteiger partial charge in [0.05, 0.1) is 12.1 Å². The Bertz CT molecular complexity index is 586. The highest BCUT2D eigenvalue weighted by Gasteiger charge is 2.03. The molecule has 2 aromatic carbocycles. The van der Waals surface area contributed by atoms with E-state index in [0.29, 0.717) is 22.9 Å². The molecular weight excluding hydrogens is 265 g/mol. The van der Waals surface area contributed by atoms with Crippen molar-refractivity contribution >= 4 is 17.3 Å². The van der Waals surface area contributed by atoms with Gasteiger partial charge in [-0.2, -0.15) is 0 Å². The van der Waals surface area contributed by atoms with Gasteiger partial charge in [0, 0.05) is 18.3 Å². The molecule has 100 valence electrons. The van der Waals surface area contributed by atoms with Gasteiger partial charge in [-0.05, 0) is 36.2 Å². The first kappa shape index (κ1) is 13.7. The van der Waals surface area contributed by atoms with Gasteiger partial charge in [0.15, 0.2) is 0 Å². The highest BCUT2D eigenvalue weighted by Crippen LogP contribution is 2.27. The maximum absolute atomic E-state index is 13.2. The van der Waals surface area contributed by atoms with Crippen molar-refractivity contribution in [1.29, 1.82) is 0 Å². The first-order chi connectivity index (χ1) is 9.10. The van der Waals surface area contributed by atoms with E-state index >= 15 is 0 Å². The summed E-state index contributed by atoms with van der Waals surface area (Å²) < 4.78 is 18.3. The van der Waals surface area contributed by atoms with Gasteiger partial charge in [0.25, 0.3) is 0 Å². The lowest BCUT2D eigenvalue weighted by molar-refractivity contribution is 0.415. The summed E-state index contributed by atoms with van der Waals surface area (Å²) in [4.78, 5) is 0. The molecule has 0 aliphatic rings. The smallest absolute Gasteiger partial charge is 0.139 e. The van der Waals surface area contributed by atoms with Gasteiger partial charge >= 0.3 is 0 Å². The molecule has 2 aromatic rings. The second-order valence-corrected chi connectivity index (χ2v) is 4.69. The number of halogens is 2. The number of methoxy groups -OCH3 is 1. The average molecular weight is 280 g/mol. The molecule has 0 spiro atoms. The zero-order valence-corrected chi connectivity index (χ0v) is 11.6. The van der Waals surface area contributed by atoms with Crippen molar-refractivity contribution in [2.45, 2.75) is 13.5 Å².